The molecule has 0 unspecified atom stereocenters. The van der Waals surface area contributed by atoms with Gasteiger partial charge in [0.25, 0.3) is 11.7 Å². The molecule has 2 atom stereocenters. The molecule has 0 radical (unpaired) electrons. The summed E-state index contributed by atoms with van der Waals surface area (Å²) in [7, 11) is 0. The first-order valence-corrected chi connectivity index (χ1v) is 15.3. The van der Waals surface area contributed by atoms with E-state index in [0.29, 0.717) is 43.4 Å². The molecule has 234 valence electrons. The van der Waals surface area contributed by atoms with Crippen LogP contribution in [-0.4, -0.2) is 85.4 Å². The summed E-state index contributed by atoms with van der Waals surface area (Å²) >= 11 is 0. The van der Waals surface area contributed by atoms with E-state index in [4.69, 9.17) is 9.47 Å². The minimum Gasteiger partial charge on any atom is -0.457 e. The van der Waals surface area contributed by atoms with Crippen molar-refractivity contribution in [2.24, 2.45) is 0 Å². The van der Waals surface area contributed by atoms with Gasteiger partial charge in [-0.05, 0) is 60.7 Å². The lowest BCUT2D eigenvalue weighted by molar-refractivity contribution is -0.136. The van der Waals surface area contributed by atoms with Crippen LogP contribution in [0, 0.1) is 0 Å². The van der Waals surface area contributed by atoms with E-state index >= 15 is 0 Å². The van der Waals surface area contributed by atoms with Crippen molar-refractivity contribution in [3.8, 4) is 11.5 Å². The van der Waals surface area contributed by atoms with Crippen molar-refractivity contribution in [3.63, 3.8) is 0 Å². The maximum absolute atomic E-state index is 13.8. The Balaban J connectivity index is 1.26. The molecule has 12 nitrogen and oxygen atoms in total. The summed E-state index contributed by atoms with van der Waals surface area (Å²) in [6.07, 6.45) is 1.69. The molecule has 6 rings (SSSR count). The Hall–Kier alpha value is -4.84. The topological polar surface area (TPSA) is 131 Å². The zero-order valence-electron chi connectivity index (χ0n) is 25.7. The smallest absolute Gasteiger partial charge is 0.272 e. The Morgan fingerprint density at radius 1 is 1.07 bits per heavy atom. The van der Waals surface area contributed by atoms with E-state index in [2.05, 4.69) is 20.4 Å². The maximum Gasteiger partial charge on any atom is 0.272 e. The van der Waals surface area contributed by atoms with Gasteiger partial charge in [0.2, 0.25) is 11.8 Å². The average Bonchev–Trinajstić information content (AvgIpc) is 3.51. The third kappa shape index (κ3) is 6.80. The largest absolute Gasteiger partial charge is 0.457 e. The highest BCUT2D eigenvalue weighted by molar-refractivity contribution is 5.93. The highest BCUT2D eigenvalue weighted by atomic mass is 16.5. The van der Waals surface area contributed by atoms with Crippen LogP contribution < -0.4 is 10.1 Å². The molecule has 4 bridgehead atoms. The Morgan fingerprint density at radius 2 is 1.82 bits per heavy atom. The number of ether oxygens (including phenoxy) is 2. The van der Waals surface area contributed by atoms with Crippen molar-refractivity contribution in [1.82, 2.24) is 34.7 Å². The van der Waals surface area contributed by atoms with Gasteiger partial charge in [0.1, 0.15) is 23.5 Å². The predicted molar refractivity (Wildman–Crippen MR) is 165 cm³/mol. The lowest BCUT2D eigenvalue weighted by atomic mass is 10.0. The number of aromatic nitrogens is 4. The SMILES string of the molecule is CCN1CC(=O)N[C@H]2CN(C(=O)c3cc(C(C)C)n4ncnc4n3)CC[C@@H]2OCc2cccc(c2)Oc2cccc(c2)CC1=O. The monoisotopic (exact) mass is 611 g/mol. The van der Waals surface area contributed by atoms with Crippen molar-refractivity contribution >= 4 is 23.5 Å². The van der Waals surface area contributed by atoms with Gasteiger partial charge in [-0.1, -0.05) is 38.1 Å². The quantitative estimate of drug-likeness (QED) is 0.373. The molecule has 2 aromatic heterocycles. The number of rotatable bonds is 3. The summed E-state index contributed by atoms with van der Waals surface area (Å²) in [6.45, 7) is 7.10. The minimum absolute atomic E-state index is 0.0938. The molecule has 4 heterocycles. The first-order chi connectivity index (χ1) is 21.8. The number of hydrogen-bond acceptors (Lipinski definition) is 8. The lowest BCUT2D eigenvalue weighted by Crippen LogP contribution is -2.58. The number of likely N-dealkylation sites (tertiary alicyclic amines) is 1. The van der Waals surface area contributed by atoms with Gasteiger partial charge in [-0.25, -0.2) is 9.50 Å². The summed E-state index contributed by atoms with van der Waals surface area (Å²) in [5.41, 5.74) is 2.81. The predicted octanol–water partition coefficient (Wildman–Crippen LogP) is 3.36. The van der Waals surface area contributed by atoms with Gasteiger partial charge in [0, 0.05) is 19.6 Å². The Labute approximate surface area is 261 Å². The van der Waals surface area contributed by atoms with Crippen LogP contribution in [0.5, 0.6) is 11.5 Å². The van der Waals surface area contributed by atoms with Crippen LogP contribution in [0.2, 0.25) is 0 Å². The van der Waals surface area contributed by atoms with E-state index in [-0.39, 0.29) is 54.9 Å². The summed E-state index contributed by atoms with van der Waals surface area (Å²) in [6, 6.07) is 16.3. The van der Waals surface area contributed by atoms with Crippen LogP contribution in [0.1, 0.15) is 60.4 Å². The van der Waals surface area contributed by atoms with E-state index in [1.54, 1.807) is 15.5 Å². The third-order valence-corrected chi connectivity index (χ3v) is 8.19. The number of likely N-dealkylation sites (N-methyl/N-ethyl adjacent to an activating group) is 1. The number of carbonyl (C=O) groups excluding carboxylic acids is 3. The van der Waals surface area contributed by atoms with Crippen LogP contribution in [0.4, 0.5) is 0 Å². The number of piperidine rings is 1. The molecule has 4 aromatic rings. The molecule has 1 N–H and O–H groups in total. The number of amides is 3. The third-order valence-electron chi connectivity index (χ3n) is 8.19. The molecule has 2 aromatic carbocycles. The second kappa shape index (κ2) is 13.0. The van der Waals surface area contributed by atoms with Crippen LogP contribution in [0.3, 0.4) is 0 Å². The number of nitrogens with zero attached hydrogens (tertiary/aromatic N) is 6. The highest BCUT2D eigenvalue weighted by Crippen LogP contribution is 2.26. The van der Waals surface area contributed by atoms with E-state index in [9.17, 15) is 14.4 Å². The molecular weight excluding hydrogens is 574 g/mol. The highest BCUT2D eigenvalue weighted by Gasteiger charge is 2.35. The first kappa shape index (κ1) is 30.2. The maximum atomic E-state index is 13.8. The molecule has 0 saturated carbocycles. The van der Waals surface area contributed by atoms with Crippen molar-refractivity contribution < 1.29 is 23.9 Å². The Bertz CT molecular complexity index is 1720. The van der Waals surface area contributed by atoms with Gasteiger partial charge in [0.15, 0.2) is 0 Å². The summed E-state index contributed by atoms with van der Waals surface area (Å²) in [5, 5.41) is 7.33. The molecular formula is C33H37N7O5. The summed E-state index contributed by atoms with van der Waals surface area (Å²) in [4.78, 5) is 52.3. The Morgan fingerprint density at radius 3 is 2.58 bits per heavy atom. The normalized spacial score (nSPS) is 19.6. The van der Waals surface area contributed by atoms with E-state index in [1.807, 2.05) is 69.3 Å². The Kier molecular flexibility index (Phi) is 8.74. The van der Waals surface area contributed by atoms with Gasteiger partial charge in [-0.15, -0.1) is 0 Å². The molecule has 2 aliphatic heterocycles. The van der Waals surface area contributed by atoms with E-state index < -0.39 is 6.04 Å². The standard InChI is InChI=1S/C33H37N7O5/c1-4-38-18-30(41)36-27-17-39(32(43)26-16-28(21(2)3)40-33(37-26)34-20-35-40)12-11-29(27)44-19-23-8-6-10-25(14-23)45-24-9-5-7-22(13-24)15-31(38)42/h5-10,13-14,16,20-21,27,29H,4,11-12,15,17-19H2,1-3H3,(H,36,41)/t27-,29-/m0/s1. The number of benzene rings is 2. The number of carbonyl (C=O) groups is 3. The molecule has 0 aliphatic carbocycles. The van der Waals surface area contributed by atoms with Gasteiger partial charge in [-0.3, -0.25) is 14.4 Å². The average molecular weight is 612 g/mol. The zero-order chi connectivity index (χ0) is 31.5. The van der Waals surface area contributed by atoms with Crippen LogP contribution in [-0.2, 0) is 27.4 Å². The molecule has 1 saturated heterocycles. The fraction of sp³-hybridized carbons (Fsp3) is 0.394. The second-order valence-corrected chi connectivity index (χ2v) is 11.7. The van der Waals surface area contributed by atoms with Crippen molar-refractivity contribution in [1.29, 1.82) is 0 Å². The molecule has 0 spiro atoms. The number of nitrogens with one attached hydrogen (secondary N) is 1. The summed E-state index contributed by atoms with van der Waals surface area (Å²) < 4.78 is 14.1. The van der Waals surface area contributed by atoms with Gasteiger partial charge < -0.3 is 24.6 Å². The van der Waals surface area contributed by atoms with E-state index in [1.165, 1.54) is 11.2 Å². The molecule has 3 amide bonds. The molecule has 1 fully saturated rings. The number of hydrogen-bond donors (Lipinski definition) is 1. The van der Waals surface area contributed by atoms with Crippen molar-refractivity contribution in [3.05, 3.63) is 83.4 Å². The summed E-state index contributed by atoms with van der Waals surface area (Å²) in [5.74, 6) is 0.998. The molecule has 45 heavy (non-hydrogen) atoms. The van der Waals surface area contributed by atoms with Crippen molar-refractivity contribution in [2.75, 3.05) is 26.2 Å². The van der Waals surface area contributed by atoms with E-state index in [0.717, 1.165) is 16.8 Å². The fourth-order valence-corrected chi connectivity index (χ4v) is 5.82. The van der Waals surface area contributed by atoms with Crippen molar-refractivity contribution in [2.45, 2.75) is 58.3 Å². The van der Waals surface area contributed by atoms with Crippen LogP contribution >= 0.6 is 0 Å². The number of fused-ring (bicyclic) bond motifs is 6. The van der Waals surface area contributed by atoms with Gasteiger partial charge in [0.05, 0.1) is 37.4 Å². The molecule has 2 aliphatic rings. The van der Waals surface area contributed by atoms with Crippen LogP contribution in [0.25, 0.3) is 5.78 Å². The minimum atomic E-state index is -0.504. The van der Waals surface area contributed by atoms with Gasteiger partial charge in [-0.2, -0.15) is 10.1 Å². The lowest BCUT2D eigenvalue weighted by Gasteiger charge is -2.39. The van der Waals surface area contributed by atoms with Crippen LogP contribution in [0.15, 0.2) is 60.9 Å². The fourth-order valence-electron chi connectivity index (χ4n) is 5.82. The van der Waals surface area contributed by atoms with Gasteiger partial charge >= 0.3 is 0 Å². The second-order valence-electron chi connectivity index (χ2n) is 11.7. The zero-order valence-corrected chi connectivity index (χ0v) is 25.7. The molecule has 12 heteroatoms. The first-order valence-electron chi connectivity index (χ1n) is 15.3.